The van der Waals surface area contributed by atoms with Crippen molar-refractivity contribution in [3.8, 4) is 0 Å². The third-order valence-corrected chi connectivity index (χ3v) is 8.38. The highest BCUT2D eigenvalue weighted by Crippen LogP contribution is 2.32. The van der Waals surface area contributed by atoms with Gasteiger partial charge in [-0.05, 0) is 101 Å². The molecule has 44 heavy (non-hydrogen) atoms. The number of anilines is 1. The summed E-state index contributed by atoms with van der Waals surface area (Å²) in [7, 11) is 0. The van der Waals surface area contributed by atoms with Crippen LogP contribution in [0.4, 0.5) is 10.5 Å². The van der Waals surface area contributed by atoms with E-state index in [0.717, 1.165) is 65.6 Å². The Labute approximate surface area is 270 Å². The molecular formula is C36H55N3O4S. The molecule has 0 bridgehead atoms. The molecule has 0 aliphatic carbocycles. The summed E-state index contributed by atoms with van der Waals surface area (Å²) in [5.74, 6) is 0.127. The molecule has 2 atom stereocenters. The highest BCUT2D eigenvalue weighted by atomic mass is 32.2. The van der Waals surface area contributed by atoms with Gasteiger partial charge in [0.15, 0.2) is 0 Å². The van der Waals surface area contributed by atoms with Crippen LogP contribution in [-0.2, 0) is 14.3 Å². The normalized spacial score (nSPS) is 12.8. The van der Waals surface area contributed by atoms with Gasteiger partial charge in [0, 0.05) is 12.2 Å². The van der Waals surface area contributed by atoms with Crippen molar-refractivity contribution in [3.05, 3.63) is 64.2 Å². The van der Waals surface area contributed by atoms with Crippen LogP contribution in [0.2, 0.25) is 0 Å². The second-order valence-electron chi connectivity index (χ2n) is 12.7. The first-order chi connectivity index (χ1) is 20.8. The molecule has 0 heterocycles. The van der Waals surface area contributed by atoms with E-state index in [4.69, 9.17) is 4.74 Å². The summed E-state index contributed by atoms with van der Waals surface area (Å²) >= 11 is 1.61. The van der Waals surface area contributed by atoms with E-state index in [1.54, 1.807) is 37.4 Å². The molecule has 0 saturated carbocycles. The fourth-order valence-corrected chi connectivity index (χ4v) is 5.93. The molecule has 2 rings (SSSR count). The third kappa shape index (κ3) is 11.5. The van der Waals surface area contributed by atoms with E-state index >= 15 is 0 Å². The minimum Gasteiger partial charge on any atom is -0.444 e. The van der Waals surface area contributed by atoms with Crippen molar-refractivity contribution in [1.29, 1.82) is 0 Å². The number of hydrogen-bond acceptors (Lipinski definition) is 5. The minimum absolute atomic E-state index is 0.264. The Bertz CT molecular complexity index is 1200. The van der Waals surface area contributed by atoms with Crippen molar-refractivity contribution < 1.29 is 19.1 Å². The quantitative estimate of drug-likeness (QED) is 0.183. The van der Waals surface area contributed by atoms with Crippen LogP contribution in [0.5, 0.6) is 0 Å². The maximum absolute atomic E-state index is 14.6. The summed E-state index contributed by atoms with van der Waals surface area (Å²) in [4.78, 5) is 43.7. The highest BCUT2D eigenvalue weighted by molar-refractivity contribution is 7.98. The van der Waals surface area contributed by atoms with Crippen molar-refractivity contribution >= 4 is 35.4 Å². The molecule has 2 aromatic carbocycles. The molecule has 0 saturated heterocycles. The molecule has 0 aliphatic heterocycles. The third-order valence-electron chi connectivity index (χ3n) is 7.74. The van der Waals surface area contributed by atoms with Crippen LogP contribution >= 0.6 is 11.8 Å². The Morgan fingerprint density at radius 3 is 1.95 bits per heavy atom. The van der Waals surface area contributed by atoms with Crippen LogP contribution in [0, 0.1) is 27.7 Å². The lowest BCUT2D eigenvalue weighted by Gasteiger charge is -2.36. The van der Waals surface area contributed by atoms with E-state index in [1.165, 1.54) is 6.42 Å². The molecule has 2 N–H and O–H groups in total. The molecular weight excluding hydrogens is 570 g/mol. The summed E-state index contributed by atoms with van der Waals surface area (Å²) < 4.78 is 5.54. The number of nitrogens with one attached hydrogen (secondary N) is 2. The number of rotatable bonds is 16. The zero-order chi connectivity index (χ0) is 32.9. The zero-order valence-corrected chi connectivity index (χ0v) is 29.3. The van der Waals surface area contributed by atoms with Gasteiger partial charge in [0.1, 0.15) is 17.7 Å². The number of carbonyl (C=O) groups is 3. The Morgan fingerprint density at radius 2 is 1.41 bits per heavy atom. The van der Waals surface area contributed by atoms with E-state index in [9.17, 15) is 14.4 Å². The molecule has 0 fully saturated rings. The number of nitrogens with zero attached hydrogens (tertiary/aromatic N) is 1. The molecule has 0 radical (unpaired) electrons. The smallest absolute Gasteiger partial charge is 0.408 e. The van der Waals surface area contributed by atoms with Crippen LogP contribution in [0.15, 0.2) is 36.4 Å². The monoisotopic (exact) mass is 625 g/mol. The SMILES string of the molecule is CCCCCCCCN(C(=O)C(CCSC)NC(=O)OC(C)(C)C)C(C(=O)Nc1c(C)cccc1C)c1c(C)cccc1C. The molecule has 2 aromatic rings. The number of ether oxygens (including phenoxy) is 1. The first-order valence-electron chi connectivity index (χ1n) is 16.0. The number of unbranched alkanes of at least 4 members (excludes halogenated alkanes) is 5. The number of hydrogen-bond donors (Lipinski definition) is 2. The molecule has 8 heteroatoms. The fraction of sp³-hybridized carbons (Fsp3) is 0.583. The average molecular weight is 626 g/mol. The fourth-order valence-electron chi connectivity index (χ4n) is 5.46. The van der Waals surface area contributed by atoms with Gasteiger partial charge in [-0.1, -0.05) is 75.4 Å². The van der Waals surface area contributed by atoms with E-state index in [0.29, 0.717) is 18.7 Å². The number of aryl methyl sites for hydroxylation is 4. The lowest BCUT2D eigenvalue weighted by molar-refractivity contribution is -0.141. The van der Waals surface area contributed by atoms with E-state index in [-0.39, 0.29) is 11.8 Å². The molecule has 3 amide bonds. The predicted octanol–water partition coefficient (Wildman–Crippen LogP) is 8.44. The predicted molar refractivity (Wildman–Crippen MR) is 184 cm³/mol. The van der Waals surface area contributed by atoms with Gasteiger partial charge in [-0.15, -0.1) is 0 Å². The standard InChI is InChI=1S/C36H55N3O4S/c1-10-11-12-13-14-15-23-39(34(41)29(22-24-44-9)37-35(42)43-36(6,7)8)32(30-25(2)18-16-19-26(30)3)33(40)38-31-27(4)20-17-21-28(31)5/h16-21,29,32H,10-15,22-24H2,1-9H3,(H,37,42)(H,38,40). The second kappa shape index (κ2) is 18.1. The van der Waals surface area contributed by atoms with Crippen molar-refractivity contribution in [1.82, 2.24) is 10.2 Å². The molecule has 2 unspecified atom stereocenters. The molecule has 0 spiro atoms. The molecule has 7 nitrogen and oxygen atoms in total. The zero-order valence-electron chi connectivity index (χ0n) is 28.5. The van der Waals surface area contributed by atoms with Gasteiger partial charge in [-0.2, -0.15) is 11.8 Å². The van der Waals surface area contributed by atoms with Crippen LogP contribution in [-0.4, -0.2) is 53.0 Å². The lowest BCUT2D eigenvalue weighted by atomic mass is 9.93. The summed E-state index contributed by atoms with van der Waals surface area (Å²) in [5.41, 5.74) is 4.65. The Morgan fingerprint density at radius 1 is 0.864 bits per heavy atom. The minimum atomic E-state index is -0.879. The topological polar surface area (TPSA) is 87.7 Å². The second-order valence-corrected chi connectivity index (χ2v) is 13.7. The van der Waals surface area contributed by atoms with Crippen LogP contribution in [0.1, 0.15) is 106 Å². The Hall–Kier alpha value is -3.00. The summed E-state index contributed by atoms with van der Waals surface area (Å²) in [6.45, 7) is 15.9. The van der Waals surface area contributed by atoms with Crippen LogP contribution in [0.25, 0.3) is 0 Å². The van der Waals surface area contributed by atoms with Crippen molar-refractivity contribution in [2.75, 3.05) is 23.9 Å². The van der Waals surface area contributed by atoms with Crippen LogP contribution < -0.4 is 10.6 Å². The van der Waals surface area contributed by atoms with Crippen molar-refractivity contribution in [3.63, 3.8) is 0 Å². The van der Waals surface area contributed by atoms with Gasteiger partial charge < -0.3 is 20.3 Å². The number of benzene rings is 2. The number of amides is 3. The Balaban J connectivity index is 2.61. The largest absolute Gasteiger partial charge is 0.444 e. The summed E-state index contributed by atoms with van der Waals surface area (Å²) in [6.07, 6.45) is 8.03. The summed E-state index contributed by atoms with van der Waals surface area (Å²) in [5, 5.41) is 6.04. The average Bonchev–Trinajstić information content (AvgIpc) is 2.94. The number of para-hydroxylation sites is 1. The first kappa shape index (κ1) is 37.2. The number of alkyl carbamates (subject to hydrolysis) is 1. The number of thioether (sulfide) groups is 1. The van der Waals surface area contributed by atoms with E-state index in [1.807, 2.05) is 70.3 Å². The van der Waals surface area contributed by atoms with Gasteiger partial charge in [0.25, 0.3) is 5.91 Å². The summed E-state index contributed by atoms with van der Waals surface area (Å²) in [6, 6.07) is 10.1. The number of carbonyl (C=O) groups excluding carboxylic acids is 3. The van der Waals surface area contributed by atoms with Gasteiger partial charge in [0.2, 0.25) is 5.91 Å². The van der Waals surface area contributed by atoms with Gasteiger partial charge in [-0.3, -0.25) is 9.59 Å². The first-order valence-corrected chi connectivity index (χ1v) is 17.4. The maximum atomic E-state index is 14.6. The molecule has 0 aromatic heterocycles. The highest BCUT2D eigenvalue weighted by Gasteiger charge is 2.37. The lowest BCUT2D eigenvalue weighted by Crippen LogP contribution is -2.53. The van der Waals surface area contributed by atoms with Gasteiger partial charge >= 0.3 is 6.09 Å². The van der Waals surface area contributed by atoms with E-state index in [2.05, 4.69) is 17.6 Å². The van der Waals surface area contributed by atoms with E-state index < -0.39 is 23.8 Å². The maximum Gasteiger partial charge on any atom is 0.408 e. The van der Waals surface area contributed by atoms with Gasteiger partial charge in [-0.25, -0.2) is 4.79 Å². The van der Waals surface area contributed by atoms with Crippen LogP contribution in [0.3, 0.4) is 0 Å². The Kier molecular flexibility index (Phi) is 15.3. The van der Waals surface area contributed by atoms with Gasteiger partial charge in [0.05, 0.1) is 0 Å². The van der Waals surface area contributed by atoms with Crippen molar-refractivity contribution in [2.45, 2.75) is 118 Å². The van der Waals surface area contributed by atoms with Crippen molar-refractivity contribution in [2.24, 2.45) is 0 Å². The molecule has 244 valence electrons. The molecule has 0 aliphatic rings.